The predicted molar refractivity (Wildman–Crippen MR) is 64.1 cm³/mol. The molecule has 0 fully saturated rings. The van der Waals surface area contributed by atoms with Crippen LogP contribution in [0, 0.1) is 0 Å². The maximum Gasteiger partial charge on any atom is 0.122 e. The van der Waals surface area contributed by atoms with E-state index in [2.05, 4.69) is 12.6 Å². The lowest BCUT2D eigenvalue weighted by Gasteiger charge is -2.10. The number of hydrogen-bond donors (Lipinski definition) is 1. The highest BCUT2D eigenvalue weighted by atomic mass is 16.5. The van der Waals surface area contributed by atoms with Gasteiger partial charge in [-0.2, -0.15) is 0 Å². The molecule has 1 aromatic rings. The van der Waals surface area contributed by atoms with Gasteiger partial charge < -0.3 is 10.5 Å². The second kappa shape index (κ2) is 7.07. The van der Waals surface area contributed by atoms with Crippen LogP contribution < -0.4 is 10.5 Å². The highest BCUT2D eigenvalue weighted by molar-refractivity contribution is 5.33. The zero-order chi connectivity index (χ0) is 10.9. The van der Waals surface area contributed by atoms with E-state index in [0.29, 0.717) is 6.54 Å². The molecule has 0 radical (unpaired) electrons. The predicted octanol–water partition coefficient (Wildman–Crippen LogP) is 2.53. The molecule has 0 heterocycles. The van der Waals surface area contributed by atoms with Crippen molar-refractivity contribution in [1.82, 2.24) is 0 Å². The van der Waals surface area contributed by atoms with E-state index >= 15 is 0 Å². The summed E-state index contributed by atoms with van der Waals surface area (Å²) in [5.41, 5.74) is 6.73. The lowest BCUT2D eigenvalue weighted by molar-refractivity contribution is 0.309. The van der Waals surface area contributed by atoms with Crippen LogP contribution in [0.2, 0.25) is 0 Å². The molecule has 0 saturated carbocycles. The lowest BCUT2D eigenvalue weighted by Crippen LogP contribution is -2.05. The minimum atomic E-state index is 0.660. The van der Waals surface area contributed by atoms with E-state index in [9.17, 15) is 0 Å². The van der Waals surface area contributed by atoms with Gasteiger partial charge in [-0.3, -0.25) is 0 Å². The maximum absolute atomic E-state index is 5.69. The first-order chi connectivity index (χ1) is 7.38. The third-order valence-electron chi connectivity index (χ3n) is 2.20. The van der Waals surface area contributed by atoms with Crippen LogP contribution in [0.25, 0.3) is 0 Å². The molecule has 15 heavy (non-hydrogen) atoms. The van der Waals surface area contributed by atoms with E-state index in [1.807, 2.05) is 24.3 Å². The standard InChI is InChI=1S/C13H19NO/c1-2-3-6-11-15-13-8-5-4-7-12(13)9-10-14/h2,4-5,7-8H,1,3,6,9-11,14H2. The van der Waals surface area contributed by atoms with Crippen molar-refractivity contribution in [2.45, 2.75) is 19.3 Å². The van der Waals surface area contributed by atoms with Crippen LogP contribution in [0.1, 0.15) is 18.4 Å². The van der Waals surface area contributed by atoms with E-state index < -0.39 is 0 Å². The van der Waals surface area contributed by atoms with Gasteiger partial charge in [-0.05, 0) is 37.4 Å². The Kier molecular flexibility index (Phi) is 5.56. The highest BCUT2D eigenvalue weighted by Gasteiger charge is 2.00. The Bertz CT molecular complexity index is 296. The molecule has 2 N–H and O–H groups in total. The molecular formula is C13H19NO. The van der Waals surface area contributed by atoms with Gasteiger partial charge in [0.2, 0.25) is 0 Å². The van der Waals surface area contributed by atoms with Crippen LogP contribution in [0.3, 0.4) is 0 Å². The van der Waals surface area contributed by atoms with Crippen molar-refractivity contribution in [3.8, 4) is 5.75 Å². The summed E-state index contributed by atoms with van der Waals surface area (Å²) in [5.74, 6) is 0.965. The fraction of sp³-hybridized carbons (Fsp3) is 0.385. The summed E-state index contributed by atoms with van der Waals surface area (Å²) in [4.78, 5) is 0. The van der Waals surface area contributed by atoms with Gasteiger partial charge in [0.25, 0.3) is 0 Å². The normalized spacial score (nSPS) is 9.93. The molecule has 2 heteroatoms. The number of allylic oxidation sites excluding steroid dienone is 1. The number of ether oxygens (including phenoxy) is 1. The first-order valence-electron chi connectivity index (χ1n) is 5.40. The lowest BCUT2D eigenvalue weighted by atomic mass is 10.1. The molecule has 0 bridgehead atoms. The minimum Gasteiger partial charge on any atom is -0.493 e. The molecule has 0 aliphatic carbocycles. The zero-order valence-corrected chi connectivity index (χ0v) is 9.11. The van der Waals surface area contributed by atoms with Gasteiger partial charge in [0.1, 0.15) is 5.75 Å². The third-order valence-corrected chi connectivity index (χ3v) is 2.20. The highest BCUT2D eigenvalue weighted by Crippen LogP contribution is 2.18. The van der Waals surface area contributed by atoms with Crippen molar-refractivity contribution in [3.63, 3.8) is 0 Å². The van der Waals surface area contributed by atoms with Crippen LogP contribution in [0.15, 0.2) is 36.9 Å². The smallest absolute Gasteiger partial charge is 0.122 e. The summed E-state index contributed by atoms with van der Waals surface area (Å²) in [6.07, 6.45) is 4.80. The van der Waals surface area contributed by atoms with Crippen LogP contribution in [-0.4, -0.2) is 13.2 Å². The number of unbranched alkanes of at least 4 members (excludes halogenated alkanes) is 1. The van der Waals surface area contributed by atoms with Gasteiger partial charge in [0.05, 0.1) is 6.61 Å². The maximum atomic E-state index is 5.69. The Morgan fingerprint density at radius 2 is 2.13 bits per heavy atom. The zero-order valence-electron chi connectivity index (χ0n) is 9.11. The monoisotopic (exact) mass is 205 g/mol. The van der Waals surface area contributed by atoms with E-state index in [-0.39, 0.29) is 0 Å². The summed E-state index contributed by atoms with van der Waals surface area (Å²) >= 11 is 0. The fourth-order valence-corrected chi connectivity index (χ4v) is 1.42. The molecule has 0 spiro atoms. The minimum absolute atomic E-state index is 0.660. The molecule has 0 aliphatic rings. The molecule has 0 amide bonds. The number of hydrogen-bond acceptors (Lipinski definition) is 2. The quantitative estimate of drug-likeness (QED) is 0.548. The van der Waals surface area contributed by atoms with Crippen LogP contribution in [0.4, 0.5) is 0 Å². The Morgan fingerprint density at radius 1 is 1.33 bits per heavy atom. The van der Waals surface area contributed by atoms with Crippen LogP contribution in [-0.2, 0) is 6.42 Å². The first-order valence-corrected chi connectivity index (χ1v) is 5.40. The summed E-state index contributed by atoms with van der Waals surface area (Å²) in [5, 5.41) is 0. The molecule has 0 aromatic heterocycles. The average Bonchev–Trinajstić information content (AvgIpc) is 2.27. The molecule has 1 aromatic carbocycles. The topological polar surface area (TPSA) is 35.2 Å². The third kappa shape index (κ3) is 4.17. The van der Waals surface area contributed by atoms with Gasteiger partial charge in [0.15, 0.2) is 0 Å². The number of rotatable bonds is 7. The SMILES string of the molecule is C=CCCCOc1ccccc1CCN. The van der Waals surface area contributed by atoms with Crippen LogP contribution in [0.5, 0.6) is 5.75 Å². The molecule has 0 aliphatic heterocycles. The molecule has 82 valence electrons. The second-order valence-corrected chi connectivity index (χ2v) is 3.43. The van der Waals surface area contributed by atoms with E-state index in [1.54, 1.807) is 0 Å². The van der Waals surface area contributed by atoms with Gasteiger partial charge in [-0.15, -0.1) is 6.58 Å². The Hall–Kier alpha value is -1.28. The number of para-hydroxylation sites is 1. The molecular weight excluding hydrogens is 186 g/mol. The van der Waals surface area contributed by atoms with Crippen LogP contribution >= 0.6 is 0 Å². The molecule has 0 unspecified atom stereocenters. The Labute approximate surface area is 91.7 Å². The van der Waals surface area contributed by atoms with Gasteiger partial charge in [0, 0.05) is 0 Å². The van der Waals surface area contributed by atoms with E-state index in [1.165, 1.54) is 5.56 Å². The van der Waals surface area contributed by atoms with Crippen molar-refractivity contribution in [1.29, 1.82) is 0 Å². The molecule has 2 nitrogen and oxygen atoms in total. The van der Waals surface area contributed by atoms with E-state index in [0.717, 1.165) is 31.6 Å². The summed E-state index contributed by atoms with van der Waals surface area (Å²) < 4.78 is 5.69. The average molecular weight is 205 g/mol. The molecule has 0 atom stereocenters. The van der Waals surface area contributed by atoms with Crippen molar-refractivity contribution < 1.29 is 4.74 Å². The Morgan fingerprint density at radius 3 is 2.87 bits per heavy atom. The number of nitrogens with two attached hydrogens (primary N) is 1. The van der Waals surface area contributed by atoms with Crippen molar-refractivity contribution in [3.05, 3.63) is 42.5 Å². The molecule has 1 rings (SSSR count). The first kappa shape index (κ1) is 11.8. The van der Waals surface area contributed by atoms with E-state index in [4.69, 9.17) is 10.5 Å². The largest absolute Gasteiger partial charge is 0.493 e. The van der Waals surface area contributed by atoms with Crippen molar-refractivity contribution in [2.24, 2.45) is 5.73 Å². The summed E-state index contributed by atoms with van der Waals surface area (Å²) in [6.45, 7) is 5.08. The fourth-order valence-electron chi connectivity index (χ4n) is 1.42. The van der Waals surface area contributed by atoms with Gasteiger partial charge >= 0.3 is 0 Å². The molecule has 0 saturated heterocycles. The second-order valence-electron chi connectivity index (χ2n) is 3.43. The van der Waals surface area contributed by atoms with Gasteiger partial charge in [-0.1, -0.05) is 24.3 Å². The summed E-state index contributed by atoms with van der Waals surface area (Å²) in [7, 11) is 0. The number of benzene rings is 1. The van der Waals surface area contributed by atoms with Crippen molar-refractivity contribution in [2.75, 3.05) is 13.2 Å². The van der Waals surface area contributed by atoms with Gasteiger partial charge in [-0.25, -0.2) is 0 Å². The Balaban J connectivity index is 2.47. The summed E-state index contributed by atoms with van der Waals surface area (Å²) in [6, 6.07) is 8.07. The van der Waals surface area contributed by atoms with Crippen molar-refractivity contribution >= 4 is 0 Å².